The maximum absolute atomic E-state index is 13.6. The molecule has 13 heteroatoms. The molecule has 0 aliphatic heterocycles. The van der Waals surface area contributed by atoms with E-state index in [1.807, 2.05) is 0 Å². The Morgan fingerprint density at radius 2 is 1.59 bits per heavy atom. The minimum Gasteiger partial charge on any atom is -1.00 e. The van der Waals surface area contributed by atoms with E-state index >= 15 is 0 Å². The lowest BCUT2D eigenvalue weighted by Crippen LogP contribution is -3.00. The molecule has 0 spiro atoms. The summed E-state index contributed by atoms with van der Waals surface area (Å²) < 4.78 is 94.6. The van der Waals surface area contributed by atoms with Gasteiger partial charge in [0.05, 0.1) is 40.8 Å². The van der Waals surface area contributed by atoms with Crippen molar-refractivity contribution in [1.82, 2.24) is 0 Å². The molecule has 0 aliphatic carbocycles. The fourth-order valence-electron chi connectivity index (χ4n) is 1.43. The van der Waals surface area contributed by atoms with E-state index in [4.69, 9.17) is 0 Å². The van der Waals surface area contributed by atoms with Gasteiger partial charge in [-0.3, -0.25) is 4.99 Å². The van der Waals surface area contributed by atoms with Crippen LogP contribution in [0.5, 0.6) is 0 Å². The number of aliphatic hydroxyl groups excluding tert-OH is 1. The summed E-state index contributed by atoms with van der Waals surface area (Å²) >= 11 is 0. The maximum Gasteiger partial charge on any atom is 0.460 e. The molecule has 0 aromatic rings. The number of quaternary nitrogens is 1. The Kier molecular flexibility index (Phi) is 10.3. The predicted octanol–water partition coefficient (Wildman–Crippen LogP) is -0.0245. The Balaban J connectivity index is 0. The zero-order chi connectivity index (χ0) is 21.0. The second kappa shape index (κ2) is 9.89. The Labute approximate surface area is 168 Å². The smallest absolute Gasteiger partial charge is 0.460 e. The highest BCUT2D eigenvalue weighted by molar-refractivity contribution is 6.10. The van der Waals surface area contributed by atoms with E-state index in [1.165, 1.54) is 6.92 Å². The summed E-state index contributed by atoms with van der Waals surface area (Å²) in [5.41, 5.74) is -1.58. The number of aliphatic imine (C=N–C) groups is 1. The molecule has 0 radical (unpaired) electrons. The van der Waals surface area contributed by atoms with Crippen LogP contribution in [-0.2, 0) is 9.53 Å². The Morgan fingerprint density at radius 1 is 1.11 bits per heavy atom. The second-order valence-electron chi connectivity index (χ2n) is 6.18. The van der Waals surface area contributed by atoms with Crippen LogP contribution in [0.3, 0.4) is 0 Å². The monoisotopic (exact) mass is 524 g/mol. The molecule has 0 aromatic carbocycles. The molecule has 0 rings (SSSR count). The van der Waals surface area contributed by atoms with E-state index in [-0.39, 0.29) is 30.5 Å². The third-order valence-electron chi connectivity index (χ3n) is 2.92. The quantitative estimate of drug-likeness (QED) is 0.0925. The molecule has 0 aromatic heterocycles. The van der Waals surface area contributed by atoms with E-state index in [2.05, 4.69) is 9.73 Å². The average Bonchev–Trinajstić information content (AvgIpc) is 2.44. The molecule has 27 heavy (non-hydrogen) atoms. The minimum absolute atomic E-state index is 0. The summed E-state index contributed by atoms with van der Waals surface area (Å²) in [7, 11) is 5.23. The molecule has 0 aliphatic rings. The van der Waals surface area contributed by atoms with Crippen molar-refractivity contribution in [3.05, 3.63) is 11.3 Å². The van der Waals surface area contributed by atoms with Crippen molar-refractivity contribution in [2.24, 2.45) is 4.99 Å². The number of aliphatic hydroxyl groups is 1. The van der Waals surface area contributed by atoms with Gasteiger partial charge in [-0.1, -0.05) is 0 Å². The number of hydrogen-bond acceptors (Lipinski definition) is 4. The lowest BCUT2D eigenvalue weighted by molar-refractivity contribution is -0.868. The first-order valence-electron chi connectivity index (χ1n) is 7.22. The molecule has 160 valence electrons. The highest BCUT2D eigenvalue weighted by atomic mass is 127. The number of rotatable bonds is 8. The average molecular weight is 524 g/mol. The lowest BCUT2D eigenvalue weighted by atomic mass is 10.1. The van der Waals surface area contributed by atoms with Gasteiger partial charge in [-0.2, -0.15) is 30.7 Å². The Morgan fingerprint density at radius 3 is 1.96 bits per heavy atom. The molecule has 1 N–H and O–H groups in total. The van der Waals surface area contributed by atoms with Crippen LogP contribution in [0, 0.1) is 0 Å². The first-order chi connectivity index (χ1) is 11.5. The summed E-state index contributed by atoms with van der Waals surface area (Å²) in [5.74, 6) is -17.2. The van der Waals surface area contributed by atoms with Gasteiger partial charge in [-0.25, -0.2) is 4.79 Å². The van der Waals surface area contributed by atoms with Gasteiger partial charge in [0.1, 0.15) is 5.57 Å². The molecule has 0 bridgehead atoms. The summed E-state index contributed by atoms with van der Waals surface area (Å²) in [6, 6.07) is 0. The Bertz CT molecular complexity index is 570. The van der Waals surface area contributed by atoms with Crippen LogP contribution < -0.4 is 24.0 Å². The van der Waals surface area contributed by atoms with E-state index in [9.17, 15) is 40.6 Å². The van der Waals surface area contributed by atoms with Crippen molar-refractivity contribution < 1.29 is 73.8 Å². The molecule has 0 heterocycles. The third kappa shape index (κ3) is 7.43. The van der Waals surface area contributed by atoms with Crippen molar-refractivity contribution in [3.63, 3.8) is 0 Å². The molecular weight excluding hydrogens is 504 g/mol. The van der Waals surface area contributed by atoms with E-state index in [1.54, 1.807) is 21.1 Å². The van der Waals surface area contributed by atoms with Crippen LogP contribution in [0.15, 0.2) is 16.3 Å². The van der Waals surface area contributed by atoms with Crippen LogP contribution >= 0.6 is 0 Å². The topological polar surface area (TPSA) is 58.9 Å². The summed E-state index contributed by atoms with van der Waals surface area (Å²) in [4.78, 5) is 15.1. The maximum atomic E-state index is 13.6. The van der Waals surface area contributed by atoms with Crippen LogP contribution in [0.2, 0.25) is 0 Å². The highest BCUT2D eigenvalue weighted by Gasteiger charge is 2.75. The predicted molar refractivity (Wildman–Crippen MR) is 78.5 cm³/mol. The van der Waals surface area contributed by atoms with E-state index in [0.717, 1.165) is 0 Å². The van der Waals surface area contributed by atoms with Crippen molar-refractivity contribution in [3.8, 4) is 0 Å². The van der Waals surface area contributed by atoms with Gasteiger partial charge in [-0.15, -0.1) is 0 Å². The summed E-state index contributed by atoms with van der Waals surface area (Å²) in [6.07, 6.45) is -6.37. The molecule has 5 nitrogen and oxygen atoms in total. The van der Waals surface area contributed by atoms with E-state index < -0.39 is 41.9 Å². The highest BCUT2D eigenvalue weighted by Crippen LogP contribution is 2.49. The zero-order valence-corrected chi connectivity index (χ0v) is 17.0. The van der Waals surface area contributed by atoms with Gasteiger partial charge >= 0.3 is 24.0 Å². The minimum atomic E-state index is -6.66. The van der Waals surface area contributed by atoms with Crippen molar-refractivity contribution in [2.75, 3.05) is 40.8 Å². The van der Waals surface area contributed by atoms with Crippen LogP contribution in [-0.4, -0.2) is 80.6 Å². The Hall–Kier alpha value is -1.12. The van der Waals surface area contributed by atoms with Crippen molar-refractivity contribution in [2.45, 2.75) is 24.9 Å². The van der Waals surface area contributed by atoms with E-state index in [0.29, 0.717) is 17.2 Å². The number of halogens is 8. The van der Waals surface area contributed by atoms with Gasteiger partial charge in [0.25, 0.3) is 0 Å². The number of nitrogens with zero attached hydrogens (tertiary/aromatic N) is 2. The second-order valence-corrected chi connectivity index (χ2v) is 6.18. The summed E-state index contributed by atoms with van der Waals surface area (Å²) in [6.45, 7) is 1.08. The van der Waals surface area contributed by atoms with Crippen molar-refractivity contribution in [1.29, 1.82) is 0 Å². The van der Waals surface area contributed by atoms with Crippen molar-refractivity contribution >= 4 is 12.2 Å². The third-order valence-corrected chi connectivity index (χ3v) is 2.92. The standard InChI is InChI=1S/C14H19F7N2O3.HI/c1-5-26-11(25)9(8-22-6-7-23(2,3)4)10(24)12(15,16)13(17,18)14(19,20)21;/h8H,5-7H2,1-4H3;1H. The normalized spacial score (nSPS) is 14.6. The number of alkyl halides is 7. The largest absolute Gasteiger partial charge is 1.00 e. The molecule has 0 unspecified atom stereocenters. The first kappa shape index (κ1) is 28.1. The number of carbonyl (C=O) groups is 1. The van der Waals surface area contributed by atoms with Crippen LogP contribution in [0.25, 0.3) is 0 Å². The zero-order valence-electron chi connectivity index (χ0n) is 14.9. The first-order valence-corrected chi connectivity index (χ1v) is 7.22. The molecule has 0 saturated heterocycles. The SMILES string of the molecule is CCOC(=O)/C(C=NCC[N+](C)(C)C)=C(\O)C(F)(F)C(F)(F)C(F)(F)F.[I-]. The van der Waals surface area contributed by atoms with Crippen LogP contribution in [0.1, 0.15) is 6.92 Å². The molecule has 0 amide bonds. The van der Waals surface area contributed by atoms with Gasteiger partial charge in [-0.05, 0) is 6.92 Å². The number of hydrogen-bond donors (Lipinski definition) is 1. The van der Waals surface area contributed by atoms with Gasteiger partial charge < -0.3 is 38.3 Å². The van der Waals surface area contributed by atoms with Crippen LogP contribution in [0.4, 0.5) is 30.7 Å². The molecule has 0 fully saturated rings. The number of allylic oxidation sites excluding steroid dienone is 1. The number of esters is 1. The fraction of sp³-hybridized carbons (Fsp3) is 0.714. The molecule has 0 saturated carbocycles. The lowest BCUT2D eigenvalue weighted by Gasteiger charge is -2.28. The number of likely N-dealkylation sites (N-methyl/N-ethyl adjacent to an activating group) is 1. The number of ether oxygens (including phenoxy) is 1. The van der Waals surface area contributed by atoms with Gasteiger partial charge in [0.2, 0.25) is 0 Å². The molecular formula is C14H20F7IN2O3. The van der Waals surface area contributed by atoms with Gasteiger partial charge in [0, 0.05) is 6.21 Å². The fourth-order valence-corrected chi connectivity index (χ4v) is 1.43. The summed E-state index contributed by atoms with van der Waals surface area (Å²) in [5, 5.41) is 9.35. The number of carbonyl (C=O) groups excluding carboxylic acids is 1. The van der Waals surface area contributed by atoms with Gasteiger partial charge in [0.15, 0.2) is 5.76 Å². The molecule has 0 atom stereocenters.